The largest absolute Gasteiger partial charge is 0.390 e. The van der Waals surface area contributed by atoms with E-state index in [4.69, 9.17) is 0 Å². The van der Waals surface area contributed by atoms with E-state index in [2.05, 4.69) is 31.3 Å². The summed E-state index contributed by atoms with van der Waals surface area (Å²) in [6.45, 7) is -0.192. The van der Waals surface area contributed by atoms with Crippen LogP contribution in [-0.4, -0.2) is 27.3 Å². The number of halogens is 4. The zero-order chi connectivity index (χ0) is 12.5. The molecule has 0 aliphatic carbocycles. The monoisotopic (exact) mass is 308 g/mol. The zero-order valence-electron chi connectivity index (χ0n) is 8.50. The highest BCUT2D eigenvalue weighted by molar-refractivity contribution is 9.10. The van der Waals surface area contributed by atoms with E-state index in [-0.39, 0.29) is 6.54 Å². The molecule has 17 heavy (non-hydrogen) atoms. The van der Waals surface area contributed by atoms with Gasteiger partial charge in [0.1, 0.15) is 4.60 Å². The Kier molecular flexibility index (Phi) is 3.23. The maximum absolute atomic E-state index is 12.0. The van der Waals surface area contributed by atoms with Crippen LogP contribution in [0.15, 0.2) is 23.1 Å². The normalized spacial score (nSPS) is 12.0. The Bertz CT molecular complexity index is 522. The molecule has 0 saturated carbocycles. The van der Waals surface area contributed by atoms with Gasteiger partial charge in [0.2, 0.25) is 0 Å². The molecular weight excluding hydrogens is 301 g/mol. The number of rotatable bonds is 3. The van der Waals surface area contributed by atoms with Crippen molar-refractivity contribution >= 4 is 27.3 Å². The van der Waals surface area contributed by atoms with Crippen molar-refractivity contribution in [3.63, 3.8) is 0 Å². The van der Waals surface area contributed by atoms with Crippen molar-refractivity contribution in [2.45, 2.75) is 12.6 Å². The first-order chi connectivity index (χ1) is 7.96. The van der Waals surface area contributed by atoms with Gasteiger partial charge in [-0.15, -0.1) is 0 Å². The molecule has 0 aliphatic rings. The first-order valence-electron chi connectivity index (χ1n) is 4.76. The van der Waals surface area contributed by atoms with Crippen LogP contribution in [0.4, 0.5) is 18.9 Å². The minimum Gasteiger partial charge on any atom is -0.382 e. The molecule has 2 aromatic rings. The highest BCUT2D eigenvalue weighted by atomic mass is 79.9. The van der Waals surface area contributed by atoms with Gasteiger partial charge in [0.15, 0.2) is 5.65 Å². The van der Waals surface area contributed by atoms with Crippen molar-refractivity contribution in [2.75, 3.05) is 11.9 Å². The lowest BCUT2D eigenvalue weighted by Crippen LogP contribution is -2.15. The molecule has 0 amide bonds. The summed E-state index contributed by atoms with van der Waals surface area (Å²) in [5.74, 6) is 0. The number of anilines is 1. The summed E-state index contributed by atoms with van der Waals surface area (Å²) in [5.41, 5.74) is 1.01. The predicted molar refractivity (Wildman–Crippen MR) is 59.8 cm³/mol. The third kappa shape index (κ3) is 3.09. The van der Waals surface area contributed by atoms with Crippen LogP contribution in [0.25, 0.3) is 5.65 Å². The molecule has 2 heterocycles. The maximum atomic E-state index is 12.0. The highest BCUT2D eigenvalue weighted by Crippen LogP contribution is 2.22. The molecule has 0 unspecified atom stereocenters. The number of imidazole rings is 1. The van der Waals surface area contributed by atoms with Gasteiger partial charge in [0.05, 0.1) is 12.1 Å². The number of hydrogen-bond acceptors (Lipinski definition) is 3. The molecule has 8 heteroatoms. The second kappa shape index (κ2) is 4.52. The lowest BCUT2D eigenvalue weighted by Gasteiger charge is -2.09. The van der Waals surface area contributed by atoms with Gasteiger partial charge in [-0.2, -0.15) is 18.3 Å². The summed E-state index contributed by atoms with van der Waals surface area (Å²) in [7, 11) is 0. The molecule has 0 atom stereocenters. The Hall–Kier alpha value is -1.31. The first-order valence-corrected chi connectivity index (χ1v) is 5.55. The Morgan fingerprint density at radius 2 is 2.18 bits per heavy atom. The van der Waals surface area contributed by atoms with Gasteiger partial charge >= 0.3 is 6.18 Å². The quantitative estimate of drug-likeness (QED) is 0.948. The smallest absolute Gasteiger partial charge is 0.382 e. The Labute approximate surface area is 103 Å². The van der Waals surface area contributed by atoms with Crippen LogP contribution in [0.5, 0.6) is 0 Å². The van der Waals surface area contributed by atoms with E-state index >= 15 is 0 Å². The van der Waals surface area contributed by atoms with Crippen LogP contribution >= 0.6 is 15.9 Å². The fourth-order valence-corrected chi connectivity index (χ4v) is 1.75. The minimum absolute atomic E-state index is 0.192. The number of aromatic nitrogens is 3. The second-order valence-electron chi connectivity index (χ2n) is 3.37. The van der Waals surface area contributed by atoms with Crippen molar-refractivity contribution in [2.24, 2.45) is 0 Å². The van der Waals surface area contributed by atoms with E-state index in [1.54, 1.807) is 12.3 Å². The maximum Gasteiger partial charge on any atom is 0.390 e. The summed E-state index contributed by atoms with van der Waals surface area (Å²) in [5, 5.41) is 6.76. The summed E-state index contributed by atoms with van der Waals surface area (Å²) in [4.78, 5) is 4.01. The number of alkyl halides is 3. The van der Waals surface area contributed by atoms with Crippen LogP contribution in [0.3, 0.4) is 0 Å². The van der Waals surface area contributed by atoms with E-state index in [1.165, 1.54) is 10.7 Å². The van der Waals surface area contributed by atoms with Gasteiger partial charge in [0, 0.05) is 18.9 Å². The third-order valence-electron chi connectivity index (χ3n) is 2.05. The van der Waals surface area contributed by atoms with E-state index < -0.39 is 12.6 Å². The van der Waals surface area contributed by atoms with Crippen LogP contribution in [0.1, 0.15) is 6.42 Å². The average Bonchev–Trinajstić information content (AvgIpc) is 2.63. The van der Waals surface area contributed by atoms with Gasteiger partial charge in [-0.05, 0) is 22.0 Å². The molecule has 1 N–H and O–H groups in total. The Morgan fingerprint density at radius 1 is 1.41 bits per heavy atom. The number of fused-ring (bicyclic) bond motifs is 1. The fraction of sp³-hybridized carbons (Fsp3) is 0.333. The van der Waals surface area contributed by atoms with Crippen LogP contribution in [-0.2, 0) is 0 Å². The molecule has 0 spiro atoms. The number of hydrogen-bond donors (Lipinski definition) is 1. The summed E-state index contributed by atoms with van der Waals surface area (Å²) < 4.78 is 38.0. The van der Waals surface area contributed by atoms with Gasteiger partial charge < -0.3 is 5.32 Å². The van der Waals surface area contributed by atoms with E-state index in [0.717, 1.165) is 0 Å². The summed E-state index contributed by atoms with van der Waals surface area (Å²) >= 11 is 3.18. The molecule has 0 aromatic carbocycles. The van der Waals surface area contributed by atoms with E-state index in [0.29, 0.717) is 15.9 Å². The SMILES string of the molecule is FC(F)(F)CCNc1cc(Br)nn2ccnc12. The minimum atomic E-state index is -4.16. The molecule has 4 nitrogen and oxygen atoms in total. The molecular formula is C9H8BrF3N4. The standard InChI is InChI=1S/C9H8BrF3N4/c10-7-5-6(14-2-1-9(11,12)13)8-15-3-4-17(8)16-7/h3-5,14H,1-2H2. The van der Waals surface area contributed by atoms with Crippen LogP contribution in [0, 0.1) is 0 Å². The number of nitrogens with zero attached hydrogens (tertiary/aromatic N) is 3. The molecule has 92 valence electrons. The van der Waals surface area contributed by atoms with Crippen molar-refractivity contribution in [1.82, 2.24) is 14.6 Å². The van der Waals surface area contributed by atoms with Gasteiger partial charge in [-0.25, -0.2) is 9.50 Å². The topological polar surface area (TPSA) is 42.2 Å². The lowest BCUT2D eigenvalue weighted by molar-refractivity contribution is -0.131. The Morgan fingerprint density at radius 3 is 2.88 bits per heavy atom. The second-order valence-corrected chi connectivity index (χ2v) is 4.18. The molecule has 0 saturated heterocycles. The van der Waals surface area contributed by atoms with Gasteiger partial charge in [-0.3, -0.25) is 0 Å². The van der Waals surface area contributed by atoms with Crippen LogP contribution < -0.4 is 5.32 Å². The fourth-order valence-electron chi connectivity index (χ4n) is 1.35. The van der Waals surface area contributed by atoms with Crippen molar-refractivity contribution in [1.29, 1.82) is 0 Å². The number of nitrogens with one attached hydrogen (secondary N) is 1. The molecule has 0 bridgehead atoms. The molecule has 0 aliphatic heterocycles. The zero-order valence-corrected chi connectivity index (χ0v) is 10.1. The molecule has 0 radical (unpaired) electrons. The van der Waals surface area contributed by atoms with E-state index in [9.17, 15) is 13.2 Å². The average molecular weight is 309 g/mol. The molecule has 2 rings (SSSR count). The van der Waals surface area contributed by atoms with Crippen LogP contribution in [0.2, 0.25) is 0 Å². The molecule has 2 aromatic heterocycles. The van der Waals surface area contributed by atoms with Crippen molar-refractivity contribution in [3.05, 3.63) is 23.1 Å². The predicted octanol–water partition coefficient (Wildman–Crippen LogP) is 2.86. The summed E-state index contributed by atoms with van der Waals surface area (Å²) in [6.07, 6.45) is -1.90. The highest BCUT2D eigenvalue weighted by Gasteiger charge is 2.26. The van der Waals surface area contributed by atoms with Crippen molar-refractivity contribution in [3.8, 4) is 0 Å². The summed E-state index contributed by atoms with van der Waals surface area (Å²) in [6, 6.07) is 1.60. The van der Waals surface area contributed by atoms with Gasteiger partial charge in [0.25, 0.3) is 0 Å². The van der Waals surface area contributed by atoms with Crippen molar-refractivity contribution < 1.29 is 13.2 Å². The third-order valence-corrected chi connectivity index (χ3v) is 2.44. The molecule has 0 fully saturated rings. The van der Waals surface area contributed by atoms with Gasteiger partial charge in [-0.1, -0.05) is 0 Å². The Balaban J connectivity index is 2.15. The van der Waals surface area contributed by atoms with E-state index in [1.807, 2.05) is 0 Å². The lowest BCUT2D eigenvalue weighted by atomic mass is 10.4. The first kappa shape index (κ1) is 12.2.